The molecule has 2 aromatic rings. The van der Waals surface area contributed by atoms with Crippen LogP contribution >= 0.6 is 0 Å². The Morgan fingerprint density at radius 3 is 2.41 bits per heavy atom. The number of amides is 4. The Bertz CT molecular complexity index is 926. The van der Waals surface area contributed by atoms with Crippen molar-refractivity contribution < 1.29 is 23.9 Å². The standard InChI is InChI=1S/C23H28N4O5/c1-2-31-20-8-4-3-7-19(20)22(29)24-15-21(28)26-16-9-11-17(12-10-16)27-23(30)25-14-18-6-5-13-32-18/h3-4,7-12,18H,2,5-6,13-15H2,1H3,(H,24,29)(H,26,28)(H2,25,27,30). The molecule has 0 aliphatic carbocycles. The first-order chi connectivity index (χ1) is 15.5. The quantitative estimate of drug-likeness (QED) is 0.478. The molecular weight excluding hydrogens is 412 g/mol. The molecule has 2 aromatic carbocycles. The van der Waals surface area contributed by atoms with Crippen molar-refractivity contribution in [3.05, 3.63) is 54.1 Å². The number of rotatable bonds is 9. The highest BCUT2D eigenvalue weighted by Crippen LogP contribution is 2.18. The molecule has 0 radical (unpaired) electrons. The van der Waals surface area contributed by atoms with E-state index in [0.29, 0.717) is 35.8 Å². The largest absolute Gasteiger partial charge is 0.493 e. The third kappa shape index (κ3) is 6.98. The Labute approximate surface area is 186 Å². The lowest BCUT2D eigenvalue weighted by molar-refractivity contribution is -0.115. The Balaban J connectivity index is 1.42. The number of ether oxygens (including phenoxy) is 2. The molecule has 9 heteroatoms. The maximum Gasteiger partial charge on any atom is 0.319 e. The van der Waals surface area contributed by atoms with Crippen LogP contribution in [-0.2, 0) is 9.53 Å². The van der Waals surface area contributed by atoms with Gasteiger partial charge in [-0.3, -0.25) is 9.59 Å². The molecule has 1 aliphatic heterocycles. The van der Waals surface area contributed by atoms with Gasteiger partial charge in [-0.15, -0.1) is 0 Å². The molecule has 170 valence electrons. The molecule has 4 N–H and O–H groups in total. The van der Waals surface area contributed by atoms with Crippen molar-refractivity contribution in [3.63, 3.8) is 0 Å². The normalized spacial score (nSPS) is 15.0. The first-order valence-corrected chi connectivity index (χ1v) is 10.6. The van der Waals surface area contributed by atoms with E-state index in [2.05, 4.69) is 21.3 Å². The SMILES string of the molecule is CCOc1ccccc1C(=O)NCC(=O)Nc1ccc(NC(=O)NCC2CCCO2)cc1. The van der Waals surface area contributed by atoms with Gasteiger partial charge < -0.3 is 30.7 Å². The highest BCUT2D eigenvalue weighted by Gasteiger charge is 2.16. The van der Waals surface area contributed by atoms with Crippen molar-refractivity contribution in [3.8, 4) is 5.75 Å². The number of hydrogen-bond donors (Lipinski definition) is 4. The van der Waals surface area contributed by atoms with Crippen molar-refractivity contribution in [2.45, 2.75) is 25.9 Å². The monoisotopic (exact) mass is 440 g/mol. The number of anilines is 2. The molecule has 9 nitrogen and oxygen atoms in total. The van der Waals surface area contributed by atoms with E-state index >= 15 is 0 Å². The average molecular weight is 441 g/mol. The second-order valence-electron chi connectivity index (χ2n) is 7.21. The van der Waals surface area contributed by atoms with Gasteiger partial charge in [-0.1, -0.05) is 12.1 Å². The van der Waals surface area contributed by atoms with Crippen LogP contribution in [-0.4, -0.2) is 50.3 Å². The Kier molecular flexibility index (Phi) is 8.44. The number of hydrogen-bond acceptors (Lipinski definition) is 5. The van der Waals surface area contributed by atoms with Crippen molar-refractivity contribution in [2.24, 2.45) is 0 Å². The molecule has 4 amide bonds. The van der Waals surface area contributed by atoms with Crippen LogP contribution < -0.4 is 26.0 Å². The van der Waals surface area contributed by atoms with Crippen LogP contribution in [0.1, 0.15) is 30.1 Å². The van der Waals surface area contributed by atoms with Crippen molar-refractivity contribution >= 4 is 29.2 Å². The first-order valence-electron chi connectivity index (χ1n) is 10.6. The van der Waals surface area contributed by atoms with Crippen LogP contribution in [0.2, 0.25) is 0 Å². The van der Waals surface area contributed by atoms with E-state index < -0.39 is 5.91 Å². The Morgan fingerprint density at radius 2 is 1.72 bits per heavy atom. The van der Waals surface area contributed by atoms with Crippen LogP contribution in [0.15, 0.2) is 48.5 Å². The van der Waals surface area contributed by atoms with E-state index in [4.69, 9.17) is 9.47 Å². The summed E-state index contributed by atoms with van der Waals surface area (Å²) < 4.78 is 10.9. The number of nitrogens with one attached hydrogen (secondary N) is 4. The van der Waals surface area contributed by atoms with Crippen LogP contribution in [0, 0.1) is 0 Å². The minimum atomic E-state index is -0.391. The van der Waals surface area contributed by atoms with Gasteiger partial charge in [-0.25, -0.2) is 4.79 Å². The van der Waals surface area contributed by atoms with Gasteiger partial charge in [0.25, 0.3) is 5.91 Å². The molecule has 1 fully saturated rings. The summed E-state index contributed by atoms with van der Waals surface area (Å²) in [5.74, 6) is -0.296. The van der Waals surface area contributed by atoms with Crippen LogP contribution in [0.3, 0.4) is 0 Å². The van der Waals surface area contributed by atoms with Gasteiger partial charge in [0.1, 0.15) is 5.75 Å². The van der Waals surface area contributed by atoms with E-state index in [1.807, 2.05) is 6.92 Å². The predicted molar refractivity (Wildman–Crippen MR) is 121 cm³/mol. The summed E-state index contributed by atoms with van der Waals surface area (Å²) in [6.07, 6.45) is 2.05. The van der Waals surface area contributed by atoms with E-state index in [-0.39, 0.29) is 24.6 Å². The predicted octanol–water partition coefficient (Wildman–Crippen LogP) is 2.75. The summed E-state index contributed by atoms with van der Waals surface area (Å²) in [7, 11) is 0. The van der Waals surface area contributed by atoms with Gasteiger partial charge >= 0.3 is 6.03 Å². The zero-order chi connectivity index (χ0) is 22.8. The smallest absolute Gasteiger partial charge is 0.319 e. The fourth-order valence-electron chi connectivity index (χ4n) is 3.22. The molecule has 1 unspecified atom stereocenters. The fourth-order valence-corrected chi connectivity index (χ4v) is 3.22. The number of urea groups is 1. The van der Waals surface area contributed by atoms with E-state index in [0.717, 1.165) is 19.4 Å². The highest BCUT2D eigenvalue weighted by molar-refractivity contribution is 6.01. The number of carbonyl (C=O) groups excluding carboxylic acids is 3. The lowest BCUT2D eigenvalue weighted by Gasteiger charge is -2.12. The topological polar surface area (TPSA) is 118 Å². The van der Waals surface area contributed by atoms with Gasteiger partial charge in [0.05, 0.1) is 24.8 Å². The highest BCUT2D eigenvalue weighted by atomic mass is 16.5. The summed E-state index contributed by atoms with van der Waals surface area (Å²) in [6, 6.07) is 13.2. The molecule has 1 atom stereocenters. The summed E-state index contributed by atoms with van der Waals surface area (Å²) in [4.78, 5) is 36.5. The number of carbonyl (C=O) groups is 3. The maximum absolute atomic E-state index is 12.4. The average Bonchev–Trinajstić information content (AvgIpc) is 3.32. The third-order valence-electron chi connectivity index (χ3n) is 4.78. The lowest BCUT2D eigenvalue weighted by Crippen LogP contribution is -2.35. The summed E-state index contributed by atoms with van der Waals surface area (Å²) in [6.45, 7) is 3.30. The lowest BCUT2D eigenvalue weighted by atomic mass is 10.2. The van der Waals surface area contributed by atoms with Crippen LogP contribution in [0.25, 0.3) is 0 Å². The molecule has 32 heavy (non-hydrogen) atoms. The zero-order valence-corrected chi connectivity index (χ0v) is 18.0. The molecule has 1 heterocycles. The van der Waals surface area contributed by atoms with Gasteiger partial charge in [-0.2, -0.15) is 0 Å². The molecule has 3 rings (SSSR count). The minimum absolute atomic E-state index is 0.0754. The van der Waals surface area contributed by atoms with Crippen molar-refractivity contribution in [1.29, 1.82) is 0 Å². The Hall–Kier alpha value is -3.59. The molecule has 0 saturated carbocycles. The molecule has 0 spiro atoms. The summed E-state index contributed by atoms with van der Waals surface area (Å²) in [5.41, 5.74) is 1.51. The third-order valence-corrected chi connectivity index (χ3v) is 4.78. The van der Waals surface area contributed by atoms with Gasteiger partial charge in [0, 0.05) is 24.5 Å². The van der Waals surface area contributed by atoms with Crippen LogP contribution in [0.4, 0.5) is 16.2 Å². The second-order valence-corrected chi connectivity index (χ2v) is 7.21. The molecule has 1 saturated heterocycles. The minimum Gasteiger partial charge on any atom is -0.493 e. The molecular formula is C23H28N4O5. The fraction of sp³-hybridized carbons (Fsp3) is 0.348. The summed E-state index contributed by atoms with van der Waals surface area (Å²) >= 11 is 0. The van der Waals surface area contributed by atoms with Gasteiger partial charge in [0.15, 0.2) is 0 Å². The first kappa shape index (κ1) is 23.1. The molecule has 0 aromatic heterocycles. The maximum atomic E-state index is 12.4. The number of para-hydroxylation sites is 1. The van der Waals surface area contributed by atoms with E-state index in [1.54, 1.807) is 48.5 Å². The van der Waals surface area contributed by atoms with Gasteiger partial charge in [0.2, 0.25) is 5.91 Å². The van der Waals surface area contributed by atoms with Gasteiger partial charge in [-0.05, 0) is 56.2 Å². The summed E-state index contributed by atoms with van der Waals surface area (Å²) in [5, 5.41) is 10.8. The Morgan fingerprint density at radius 1 is 1.00 bits per heavy atom. The van der Waals surface area contributed by atoms with Crippen LogP contribution in [0.5, 0.6) is 5.75 Å². The van der Waals surface area contributed by atoms with Crippen molar-refractivity contribution in [2.75, 3.05) is 36.9 Å². The van der Waals surface area contributed by atoms with E-state index in [9.17, 15) is 14.4 Å². The molecule has 0 bridgehead atoms. The van der Waals surface area contributed by atoms with E-state index in [1.165, 1.54) is 0 Å². The van der Waals surface area contributed by atoms with Crippen molar-refractivity contribution in [1.82, 2.24) is 10.6 Å². The molecule has 1 aliphatic rings. The number of benzene rings is 2. The second kappa shape index (κ2) is 11.7. The zero-order valence-electron chi connectivity index (χ0n) is 18.0.